The average molecular weight is 367 g/mol. The maximum Gasteiger partial charge on any atom is 0.340 e. The van der Waals surface area contributed by atoms with Crippen LogP contribution in [0.25, 0.3) is 0 Å². The van der Waals surface area contributed by atoms with Gasteiger partial charge in [-0.15, -0.1) is 11.3 Å². The first kappa shape index (κ1) is 18.2. The fourth-order valence-corrected chi connectivity index (χ4v) is 3.79. The van der Waals surface area contributed by atoms with E-state index in [1.54, 1.807) is 30.3 Å². The van der Waals surface area contributed by atoms with Crippen molar-refractivity contribution in [3.63, 3.8) is 0 Å². The lowest BCUT2D eigenvalue weighted by Crippen LogP contribution is -2.13. The number of sulfone groups is 1. The molecule has 24 heavy (non-hydrogen) atoms. The fraction of sp³-hybridized carbons (Fsp3) is 0.250. The number of carbonyl (C=O) groups is 2. The highest BCUT2D eigenvalue weighted by atomic mass is 32.2. The number of rotatable bonds is 5. The first-order valence-electron chi connectivity index (χ1n) is 6.96. The molecular weight excluding hydrogens is 350 g/mol. The largest absolute Gasteiger partial charge is 0.465 e. The third-order valence-electron chi connectivity index (χ3n) is 3.13. The lowest BCUT2D eigenvalue weighted by molar-refractivity contribution is 0.0602. The van der Waals surface area contributed by atoms with Gasteiger partial charge < -0.3 is 10.1 Å². The zero-order chi connectivity index (χ0) is 17.9. The maximum atomic E-state index is 12.3. The van der Waals surface area contributed by atoms with E-state index < -0.39 is 15.8 Å². The Hall–Kier alpha value is -2.19. The van der Waals surface area contributed by atoms with E-state index in [9.17, 15) is 18.0 Å². The van der Waals surface area contributed by atoms with E-state index in [2.05, 4.69) is 5.32 Å². The molecule has 0 saturated carbocycles. The van der Waals surface area contributed by atoms with Gasteiger partial charge in [-0.2, -0.15) is 0 Å². The molecule has 2 aromatic rings. The van der Waals surface area contributed by atoms with E-state index in [1.165, 1.54) is 18.4 Å². The molecule has 6 nitrogen and oxygen atoms in total. The van der Waals surface area contributed by atoms with Crippen LogP contribution in [0.15, 0.2) is 30.3 Å². The first-order chi connectivity index (χ1) is 11.2. The minimum Gasteiger partial charge on any atom is -0.465 e. The quantitative estimate of drug-likeness (QED) is 0.821. The van der Waals surface area contributed by atoms with E-state index in [1.807, 2.05) is 6.92 Å². The second-order valence-electron chi connectivity index (χ2n) is 5.31. The predicted octanol–water partition coefficient (Wildman–Crippen LogP) is 2.64. The summed E-state index contributed by atoms with van der Waals surface area (Å²) in [4.78, 5) is 24.9. The van der Waals surface area contributed by atoms with Crippen LogP contribution in [0.5, 0.6) is 0 Å². The van der Waals surface area contributed by atoms with Crippen molar-refractivity contribution in [1.82, 2.24) is 0 Å². The Morgan fingerprint density at radius 1 is 1.21 bits per heavy atom. The molecule has 0 bridgehead atoms. The molecule has 0 unspecified atom stereocenters. The van der Waals surface area contributed by atoms with Crippen LogP contribution in [0.1, 0.15) is 31.2 Å². The smallest absolute Gasteiger partial charge is 0.340 e. The number of carbonyl (C=O) groups excluding carboxylic acids is 2. The molecule has 1 N–H and O–H groups in total. The lowest BCUT2D eigenvalue weighted by Gasteiger charge is -2.06. The molecule has 0 aliphatic heterocycles. The topological polar surface area (TPSA) is 89.5 Å². The molecule has 1 aromatic carbocycles. The Morgan fingerprint density at radius 3 is 2.38 bits per heavy atom. The Morgan fingerprint density at radius 2 is 1.83 bits per heavy atom. The standard InChI is InChI=1S/C16H17NO5S2/c1-10-8-13(16(19)22-2)15(23-10)17-14(18)12-6-4-11(5-7-12)9-24(3,20)21/h4-8H,9H2,1-3H3,(H,17,18). The molecule has 1 aromatic heterocycles. The SMILES string of the molecule is COC(=O)c1cc(C)sc1NC(=O)c1ccc(CS(C)(=O)=O)cc1. The summed E-state index contributed by atoms with van der Waals surface area (Å²) in [5.41, 5.74) is 1.28. The zero-order valence-corrected chi connectivity index (χ0v) is 15.1. The van der Waals surface area contributed by atoms with E-state index in [0.29, 0.717) is 21.7 Å². The zero-order valence-electron chi connectivity index (χ0n) is 13.5. The van der Waals surface area contributed by atoms with Crippen molar-refractivity contribution in [3.05, 3.63) is 51.9 Å². The number of nitrogens with one attached hydrogen (secondary N) is 1. The van der Waals surface area contributed by atoms with Crippen LogP contribution in [0.3, 0.4) is 0 Å². The Kier molecular flexibility index (Phi) is 5.40. The summed E-state index contributed by atoms with van der Waals surface area (Å²) in [6, 6.07) is 7.94. The van der Waals surface area contributed by atoms with Gasteiger partial charge in [-0.25, -0.2) is 13.2 Å². The van der Waals surface area contributed by atoms with E-state index in [4.69, 9.17) is 4.74 Å². The molecule has 8 heteroatoms. The summed E-state index contributed by atoms with van der Waals surface area (Å²) >= 11 is 1.28. The minimum atomic E-state index is -3.12. The van der Waals surface area contributed by atoms with Gasteiger partial charge in [-0.1, -0.05) is 12.1 Å². The van der Waals surface area contributed by atoms with Crippen LogP contribution >= 0.6 is 11.3 Å². The van der Waals surface area contributed by atoms with Crippen LogP contribution < -0.4 is 5.32 Å². The summed E-state index contributed by atoms with van der Waals surface area (Å²) < 4.78 is 27.2. The van der Waals surface area contributed by atoms with Gasteiger partial charge in [0.25, 0.3) is 5.91 Å². The summed E-state index contributed by atoms with van der Waals surface area (Å²) in [7, 11) is -1.85. The van der Waals surface area contributed by atoms with Gasteiger partial charge in [-0.3, -0.25) is 4.79 Å². The van der Waals surface area contributed by atoms with Crippen molar-refractivity contribution in [2.24, 2.45) is 0 Å². The number of anilines is 1. The van der Waals surface area contributed by atoms with Gasteiger partial charge in [0.15, 0.2) is 9.84 Å². The number of methoxy groups -OCH3 is 1. The van der Waals surface area contributed by atoms with Crippen molar-refractivity contribution in [3.8, 4) is 0 Å². The van der Waals surface area contributed by atoms with Crippen molar-refractivity contribution in [2.75, 3.05) is 18.7 Å². The van der Waals surface area contributed by atoms with Gasteiger partial charge >= 0.3 is 5.97 Å². The maximum absolute atomic E-state index is 12.3. The molecule has 1 heterocycles. The van der Waals surface area contributed by atoms with Crippen LogP contribution in [-0.2, 0) is 20.3 Å². The minimum absolute atomic E-state index is 0.0779. The Balaban J connectivity index is 2.17. The molecule has 0 radical (unpaired) electrons. The molecule has 0 aliphatic rings. The first-order valence-corrected chi connectivity index (χ1v) is 9.84. The summed E-state index contributed by atoms with van der Waals surface area (Å²) in [5.74, 6) is -0.975. The molecular formula is C16H17NO5S2. The number of esters is 1. The number of aryl methyl sites for hydroxylation is 1. The highest BCUT2D eigenvalue weighted by Gasteiger charge is 2.18. The summed E-state index contributed by atoms with van der Waals surface area (Å²) in [6.45, 7) is 1.83. The molecule has 1 amide bonds. The molecule has 0 fully saturated rings. The highest BCUT2D eigenvalue weighted by molar-refractivity contribution is 7.89. The second kappa shape index (κ2) is 7.14. The van der Waals surface area contributed by atoms with Crippen LogP contribution in [0.2, 0.25) is 0 Å². The number of hydrogen-bond acceptors (Lipinski definition) is 6. The van der Waals surface area contributed by atoms with Gasteiger partial charge in [-0.05, 0) is 30.7 Å². The fourth-order valence-electron chi connectivity index (χ4n) is 2.10. The summed E-state index contributed by atoms with van der Waals surface area (Å²) in [6.07, 6.45) is 1.15. The van der Waals surface area contributed by atoms with E-state index in [-0.39, 0.29) is 11.7 Å². The van der Waals surface area contributed by atoms with E-state index >= 15 is 0 Å². The Bertz CT molecular complexity index is 866. The second-order valence-corrected chi connectivity index (χ2v) is 8.71. The van der Waals surface area contributed by atoms with Gasteiger partial charge in [0.1, 0.15) is 5.00 Å². The average Bonchev–Trinajstić information content (AvgIpc) is 2.86. The third kappa shape index (κ3) is 4.65. The van der Waals surface area contributed by atoms with Crippen LogP contribution in [0, 0.1) is 6.92 Å². The van der Waals surface area contributed by atoms with Gasteiger partial charge in [0.05, 0.1) is 18.4 Å². The molecule has 0 saturated heterocycles. The number of hydrogen-bond donors (Lipinski definition) is 1. The number of amides is 1. The van der Waals surface area contributed by atoms with Gasteiger partial charge in [0, 0.05) is 16.7 Å². The summed E-state index contributed by atoms with van der Waals surface area (Å²) in [5, 5.41) is 3.11. The Labute approximate surface area is 144 Å². The van der Waals surface area contributed by atoms with Crippen LogP contribution in [0.4, 0.5) is 5.00 Å². The number of benzene rings is 1. The molecule has 0 atom stereocenters. The van der Waals surface area contributed by atoms with Crippen LogP contribution in [-0.4, -0.2) is 33.7 Å². The lowest BCUT2D eigenvalue weighted by atomic mass is 10.1. The van der Waals surface area contributed by atoms with Crippen molar-refractivity contribution in [1.29, 1.82) is 0 Å². The normalized spacial score (nSPS) is 11.1. The number of thiophene rings is 1. The molecule has 0 spiro atoms. The predicted molar refractivity (Wildman–Crippen MR) is 93.3 cm³/mol. The van der Waals surface area contributed by atoms with E-state index in [0.717, 1.165) is 11.1 Å². The highest BCUT2D eigenvalue weighted by Crippen LogP contribution is 2.28. The number of ether oxygens (including phenoxy) is 1. The molecule has 128 valence electrons. The van der Waals surface area contributed by atoms with Crippen molar-refractivity contribution in [2.45, 2.75) is 12.7 Å². The van der Waals surface area contributed by atoms with Crippen molar-refractivity contribution >= 4 is 38.1 Å². The van der Waals surface area contributed by atoms with Crippen molar-refractivity contribution < 1.29 is 22.7 Å². The molecule has 0 aliphatic carbocycles. The molecule has 2 rings (SSSR count). The third-order valence-corrected chi connectivity index (χ3v) is 4.96. The van der Waals surface area contributed by atoms with Gasteiger partial charge in [0.2, 0.25) is 0 Å². The monoisotopic (exact) mass is 367 g/mol.